The Hall–Kier alpha value is -2.37. The Kier molecular flexibility index (Phi) is 4.55. The number of carbonyl (C=O) groups is 1. The number of nitrogens with zero attached hydrogens (tertiary/aromatic N) is 4. The Labute approximate surface area is 142 Å². The molecule has 0 N–H and O–H groups in total. The molecular formula is C18H24N4O2. The fourth-order valence-electron chi connectivity index (χ4n) is 2.78. The Bertz CT molecular complexity index is 683. The molecule has 6 heteroatoms. The van der Waals surface area contributed by atoms with Crippen molar-refractivity contribution in [2.24, 2.45) is 5.41 Å². The van der Waals surface area contributed by atoms with E-state index >= 15 is 0 Å². The normalized spacial score (nSPS) is 15.6. The van der Waals surface area contributed by atoms with Crippen LogP contribution in [0.2, 0.25) is 0 Å². The van der Waals surface area contributed by atoms with Gasteiger partial charge in [-0.25, -0.2) is 9.97 Å². The van der Waals surface area contributed by atoms with Crippen LogP contribution in [0.25, 0.3) is 11.5 Å². The van der Waals surface area contributed by atoms with Crippen molar-refractivity contribution >= 4 is 11.9 Å². The molecule has 0 radical (unpaired) electrons. The lowest BCUT2D eigenvalue weighted by Gasteiger charge is -2.36. The molecule has 1 aliphatic rings. The highest BCUT2D eigenvalue weighted by molar-refractivity contribution is 5.77. The van der Waals surface area contributed by atoms with Crippen LogP contribution in [0.15, 0.2) is 35.1 Å². The first-order valence-electron chi connectivity index (χ1n) is 8.32. The third-order valence-corrected chi connectivity index (χ3v) is 4.01. The molecule has 3 rings (SSSR count). The van der Waals surface area contributed by atoms with E-state index in [0.29, 0.717) is 25.5 Å². The van der Waals surface area contributed by atoms with Crippen molar-refractivity contribution in [2.75, 3.05) is 31.1 Å². The molecule has 0 spiro atoms. The highest BCUT2D eigenvalue weighted by atomic mass is 16.3. The second kappa shape index (κ2) is 6.63. The van der Waals surface area contributed by atoms with Crippen LogP contribution in [-0.2, 0) is 4.79 Å². The van der Waals surface area contributed by atoms with E-state index in [-0.39, 0.29) is 11.3 Å². The number of carbonyl (C=O) groups excluding carboxylic acids is 1. The second-order valence-electron chi connectivity index (χ2n) is 7.32. The largest absolute Gasteiger partial charge is 0.463 e. The molecule has 0 bridgehead atoms. The van der Waals surface area contributed by atoms with Gasteiger partial charge in [0, 0.05) is 38.8 Å². The summed E-state index contributed by atoms with van der Waals surface area (Å²) in [5.74, 6) is 1.65. The maximum atomic E-state index is 12.3. The van der Waals surface area contributed by atoms with Crippen molar-refractivity contribution in [3.63, 3.8) is 0 Å². The van der Waals surface area contributed by atoms with Gasteiger partial charge in [-0.3, -0.25) is 4.79 Å². The standard InChI is InChI=1S/C18H24N4O2/c1-18(2,3)13-16(23)21-8-10-22(11-9-21)17-19-7-6-14(20-17)15-5-4-12-24-15/h4-7,12H,8-11,13H2,1-3H3. The Balaban J connectivity index is 1.63. The van der Waals surface area contributed by atoms with Crippen molar-refractivity contribution in [1.29, 1.82) is 0 Å². The molecule has 3 heterocycles. The highest BCUT2D eigenvalue weighted by Crippen LogP contribution is 2.22. The smallest absolute Gasteiger partial charge is 0.226 e. The quantitative estimate of drug-likeness (QED) is 0.867. The van der Waals surface area contributed by atoms with Crippen LogP contribution in [0.5, 0.6) is 0 Å². The van der Waals surface area contributed by atoms with Crippen LogP contribution in [-0.4, -0.2) is 47.0 Å². The van der Waals surface area contributed by atoms with Crippen molar-refractivity contribution in [2.45, 2.75) is 27.2 Å². The zero-order valence-electron chi connectivity index (χ0n) is 14.5. The van der Waals surface area contributed by atoms with Crippen LogP contribution >= 0.6 is 0 Å². The van der Waals surface area contributed by atoms with Gasteiger partial charge in [-0.2, -0.15) is 0 Å². The van der Waals surface area contributed by atoms with Crippen molar-refractivity contribution in [3.05, 3.63) is 30.7 Å². The molecule has 1 amide bonds. The van der Waals surface area contributed by atoms with Gasteiger partial charge in [0.05, 0.1) is 6.26 Å². The van der Waals surface area contributed by atoms with Gasteiger partial charge in [-0.1, -0.05) is 20.8 Å². The van der Waals surface area contributed by atoms with Crippen molar-refractivity contribution < 1.29 is 9.21 Å². The molecule has 2 aromatic rings. The number of anilines is 1. The number of aromatic nitrogens is 2. The first-order chi connectivity index (χ1) is 11.4. The number of hydrogen-bond donors (Lipinski definition) is 0. The van der Waals surface area contributed by atoms with E-state index in [1.54, 1.807) is 12.5 Å². The van der Waals surface area contributed by atoms with E-state index in [1.807, 2.05) is 23.1 Å². The molecule has 2 aromatic heterocycles. The van der Waals surface area contributed by atoms with E-state index < -0.39 is 0 Å². The highest BCUT2D eigenvalue weighted by Gasteiger charge is 2.25. The number of furan rings is 1. The topological polar surface area (TPSA) is 62.5 Å². The maximum Gasteiger partial charge on any atom is 0.226 e. The molecule has 6 nitrogen and oxygen atoms in total. The van der Waals surface area contributed by atoms with E-state index in [9.17, 15) is 4.79 Å². The first-order valence-corrected chi connectivity index (χ1v) is 8.32. The third-order valence-electron chi connectivity index (χ3n) is 4.01. The molecule has 128 valence electrons. The average Bonchev–Trinajstić information content (AvgIpc) is 3.08. The van der Waals surface area contributed by atoms with Gasteiger partial charge in [-0.05, 0) is 23.6 Å². The van der Waals surface area contributed by atoms with E-state index in [2.05, 4.69) is 35.6 Å². The van der Waals surface area contributed by atoms with Crippen LogP contribution in [0.3, 0.4) is 0 Å². The lowest BCUT2D eigenvalue weighted by Crippen LogP contribution is -2.49. The molecule has 1 saturated heterocycles. The minimum absolute atomic E-state index is 0.0225. The van der Waals surface area contributed by atoms with Crippen molar-refractivity contribution in [3.8, 4) is 11.5 Å². The molecule has 0 unspecified atom stereocenters. The molecule has 1 fully saturated rings. The molecule has 0 aliphatic carbocycles. The lowest BCUT2D eigenvalue weighted by atomic mass is 9.91. The summed E-state index contributed by atoms with van der Waals surface area (Å²) in [6, 6.07) is 5.57. The number of hydrogen-bond acceptors (Lipinski definition) is 5. The van der Waals surface area contributed by atoms with Gasteiger partial charge in [0.1, 0.15) is 5.69 Å². The van der Waals surface area contributed by atoms with Crippen LogP contribution in [0.1, 0.15) is 27.2 Å². The summed E-state index contributed by atoms with van der Waals surface area (Å²) in [6.07, 6.45) is 3.96. The fraction of sp³-hybridized carbons (Fsp3) is 0.500. The summed E-state index contributed by atoms with van der Waals surface area (Å²) in [4.78, 5) is 25.3. The molecule has 0 aromatic carbocycles. The predicted molar refractivity (Wildman–Crippen MR) is 92.6 cm³/mol. The minimum Gasteiger partial charge on any atom is -0.463 e. The average molecular weight is 328 g/mol. The molecule has 1 aliphatic heterocycles. The summed E-state index contributed by atoms with van der Waals surface area (Å²) in [5, 5.41) is 0. The summed E-state index contributed by atoms with van der Waals surface area (Å²) in [6.45, 7) is 9.20. The number of amides is 1. The predicted octanol–water partition coefficient (Wildman–Crippen LogP) is 2.82. The summed E-state index contributed by atoms with van der Waals surface area (Å²) in [5.41, 5.74) is 0.797. The number of piperazine rings is 1. The van der Waals surface area contributed by atoms with Gasteiger partial charge >= 0.3 is 0 Å². The van der Waals surface area contributed by atoms with Crippen LogP contribution in [0, 0.1) is 5.41 Å². The molecule has 0 saturated carbocycles. The minimum atomic E-state index is 0.0225. The maximum absolute atomic E-state index is 12.3. The third kappa shape index (κ3) is 3.93. The zero-order valence-corrected chi connectivity index (χ0v) is 14.5. The Morgan fingerprint density at radius 3 is 2.58 bits per heavy atom. The zero-order chi connectivity index (χ0) is 17.2. The lowest BCUT2D eigenvalue weighted by molar-refractivity contribution is -0.133. The van der Waals surface area contributed by atoms with Crippen LogP contribution in [0.4, 0.5) is 5.95 Å². The van der Waals surface area contributed by atoms with E-state index in [4.69, 9.17) is 4.42 Å². The fourth-order valence-corrected chi connectivity index (χ4v) is 2.78. The SMILES string of the molecule is CC(C)(C)CC(=O)N1CCN(c2nccc(-c3ccco3)n2)CC1. The van der Waals surface area contributed by atoms with Gasteiger partial charge in [0.2, 0.25) is 11.9 Å². The Morgan fingerprint density at radius 1 is 1.21 bits per heavy atom. The molecule has 0 atom stereocenters. The second-order valence-corrected chi connectivity index (χ2v) is 7.32. The summed E-state index contributed by atoms with van der Waals surface area (Å²) >= 11 is 0. The van der Waals surface area contributed by atoms with Gasteiger partial charge in [-0.15, -0.1) is 0 Å². The Morgan fingerprint density at radius 2 is 1.96 bits per heavy atom. The summed E-state index contributed by atoms with van der Waals surface area (Å²) in [7, 11) is 0. The van der Waals surface area contributed by atoms with E-state index in [0.717, 1.165) is 24.5 Å². The van der Waals surface area contributed by atoms with E-state index in [1.165, 1.54) is 0 Å². The summed E-state index contributed by atoms with van der Waals surface area (Å²) < 4.78 is 5.40. The van der Waals surface area contributed by atoms with Gasteiger partial charge in [0.15, 0.2) is 5.76 Å². The van der Waals surface area contributed by atoms with Gasteiger partial charge < -0.3 is 14.2 Å². The molecule has 24 heavy (non-hydrogen) atoms. The first kappa shape index (κ1) is 16.5. The monoisotopic (exact) mass is 328 g/mol. The van der Waals surface area contributed by atoms with Crippen LogP contribution < -0.4 is 4.90 Å². The molecular weight excluding hydrogens is 304 g/mol. The van der Waals surface area contributed by atoms with Crippen molar-refractivity contribution in [1.82, 2.24) is 14.9 Å². The number of rotatable bonds is 3. The van der Waals surface area contributed by atoms with Gasteiger partial charge in [0.25, 0.3) is 0 Å².